The summed E-state index contributed by atoms with van der Waals surface area (Å²) in [4.78, 5) is 2.43. The molecule has 1 saturated heterocycles. The maximum absolute atomic E-state index is 6.41. The zero-order valence-electron chi connectivity index (χ0n) is 18.1. The summed E-state index contributed by atoms with van der Waals surface area (Å²) < 4.78 is 6.41. The Labute approximate surface area is 186 Å². The minimum atomic E-state index is -0.0205. The quantitative estimate of drug-likeness (QED) is 0.522. The van der Waals surface area contributed by atoms with Crippen LogP contribution in [0.15, 0.2) is 103 Å². The number of hydrogen-bond donors (Lipinski definition) is 1. The van der Waals surface area contributed by atoms with Crippen LogP contribution in [-0.4, -0.2) is 37.2 Å². The van der Waals surface area contributed by atoms with E-state index in [-0.39, 0.29) is 6.10 Å². The van der Waals surface area contributed by atoms with Crippen molar-refractivity contribution in [2.45, 2.75) is 25.0 Å². The second-order valence-corrected chi connectivity index (χ2v) is 8.08. The predicted molar refractivity (Wildman–Crippen MR) is 128 cm³/mol. The Morgan fingerprint density at radius 2 is 1.48 bits per heavy atom. The Bertz CT molecular complexity index is 872. The van der Waals surface area contributed by atoms with Gasteiger partial charge in [0, 0.05) is 32.3 Å². The fraction of sp³-hybridized carbons (Fsp3) is 0.286. The van der Waals surface area contributed by atoms with Crippen LogP contribution in [0, 0.1) is 0 Å². The smallest absolute Gasteiger partial charge is 0.108 e. The molecule has 31 heavy (non-hydrogen) atoms. The molecular weight excluding hydrogens is 380 g/mol. The van der Waals surface area contributed by atoms with E-state index in [9.17, 15) is 0 Å². The van der Waals surface area contributed by atoms with Gasteiger partial charge in [-0.3, -0.25) is 0 Å². The molecule has 1 fully saturated rings. The number of rotatable bonds is 9. The Morgan fingerprint density at radius 3 is 2.13 bits per heavy atom. The number of allylic oxidation sites excluding steroid dienone is 1. The highest BCUT2D eigenvalue weighted by atomic mass is 16.5. The van der Waals surface area contributed by atoms with Crippen LogP contribution >= 0.6 is 0 Å². The van der Waals surface area contributed by atoms with Crippen molar-refractivity contribution in [3.05, 3.63) is 120 Å². The Kier molecular flexibility index (Phi) is 7.92. The lowest BCUT2D eigenvalue weighted by Crippen LogP contribution is -2.49. The molecule has 1 N–H and O–H groups in total. The number of ether oxygens (including phenoxy) is 1. The van der Waals surface area contributed by atoms with Crippen LogP contribution in [0.4, 0.5) is 0 Å². The molecule has 1 heterocycles. The maximum Gasteiger partial charge on any atom is 0.108 e. The summed E-state index contributed by atoms with van der Waals surface area (Å²) in [6, 6.07) is 32.1. The van der Waals surface area contributed by atoms with Gasteiger partial charge in [-0.1, -0.05) is 97.1 Å². The van der Waals surface area contributed by atoms with E-state index < -0.39 is 0 Å². The minimum Gasteiger partial charge on any atom is -0.375 e. The summed E-state index contributed by atoms with van der Waals surface area (Å²) in [7, 11) is 0. The molecule has 3 heteroatoms. The average molecular weight is 413 g/mol. The van der Waals surface area contributed by atoms with Gasteiger partial charge in [-0.15, -0.1) is 0 Å². The topological polar surface area (TPSA) is 24.5 Å². The monoisotopic (exact) mass is 412 g/mol. The van der Waals surface area contributed by atoms with Gasteiger partial charge in [0.1, 0.15) is 6.10 Å². The van der Waals surface area contributed by atoms with E-state index in [1.807, 2.05) is 0 Å². The van der Waals surface area contributed by atoms with Gasteiger partial charge in [-0.2, -0.15) is 0 Å². The first-order valence-corrected chi connectivity index (χ1v) is 11.3. The van der Waals surface area contributed by atoms with Crippen LogP contribution in [0.3, 0.4) is 0 Å². The predicted octanol–water partition coefficient (Wildman–Crippen LogP) is 5.21. The van der Waals surface area contributed by atoms with Crippen molar-refractivity contribution in [2.24, 2.45) is 0 Å². The number of nitrogens with one attached hydrogen (secondary N) is 1. The lowest BCUT2D eigenvalue weighted by atomic mass is 10.0. The van der Waals surface area contributed by atoms with Gasteiger partial charge in [-0.05, 0) is 35.7 Å². The molecule has 1 atom stereocenters. The van der Waals surface area contributed by atoms with Gasteiger partial charge in [0.15, 0.2) is 0 Å². The lowest BCUT2D eigenvalue weighted by molar-refractivity contribution is 0.0681. The highest BCUT2D eigenvalue weighted by molar-refractivity contribution is 5.29. The number of hydrogen-bond acceptors (Lipinski definition) is 3. The molecule has 0 amide bonds. The Balaban J connectivity index is 1.28. The van der Waals surface area contributed by atoms with E-state index in [1.165, 1.54) is 16.7 Å². The van der Waals surface area contributed by atoms with Gasteiger partial charge < -0.3 is 15.0 Å². The molecule has 0 aliphatic carbocycles. The molecule has 160 valence electrons. The summed E-state index contributed by atoms with van der Waals surface area (Å²) in [5.74, 6) is 0. The molecule has 0 bridgehead atoms. The van der Waals surface area contributed by atoms with Gasteiger partial charge in [-0.25, -0.2) is 0 Å². The summed E-state index contributed by atoms with van der Waals surface area (Å²) in [6.45, 7) is 3.82. The number of nitrogens with zero attached hydrogens (tertiary/aromatic N) is 1. The lowest BCUT2D eigenvalue weighted by Gasteiger charge is -2.33. The van der Waals surface area contributed by atoms with Gasteiger partial charge in [0.25, 0.3) is 0 Å². The van der Waals surface area contributed by atoms with Crippen LogP contribution in [0.5, 0.6) is 0 Å². The Morgan fingerprint density at radius 1 is 0.871 bits per heavy atom. The molecule has 3 aromatic rings. The van der Waals surface area contributed by atoms with Crippen LogP contribution in [0.1, 0.15) is 29.2 Å². The number of piperazine rings is 1. The van der Waals surface area contributed by atoms with E-state index in [4.69, 9.17) is 4.74 Å². The van der Waals surface area contributed by atoms with E-state index in [1.54, 1.807) is 0 Å². The molecule has 0 saturated carbocycles. The third-order valence-corrected chi connectivity index (χ3v) is 5.76. The summed E-state index contributed by atoms with van der Waals surface area (Å²) in [5, 5.41) is 3.65. The first-order valence-electron chi connectivity index (χ1n) is 11.3. The fourth-order valence-electron chi connectivity index (χ4n) is 4.10. The van der Waals surface area contributed by atoms with E-state index in [0.29, 0.717) is 6.04 Å². The largest absolute Gasteiger partial charge is 0.375 e. The molecule has 3 aromatic carbocycles. The average Bonchev–Trinajstić information content (AvgIpc) is 2.84. The number of benzene rings is 3. The first kappa shape index (κ1) is 21.4. The second kappa shape index (κ2) is 11.5. The van der Waals surface area contributed by atoms with Crippen molar-refractivity contribution in [1.29, 1.82) is 0 Å². The molecule has 3 nitrogen and oxygen atoms in total. The molecule has 1 aliphatic heterocycles. The molecule has 4 rings (SSSR count). The highest BCUT2D eigenvalue weighted by Gasteiger charge is 2.19. The van der Waals surface area contributed by atoms with E-state index >= 15 is 0 Å². The molecule has 1 aliphatic rings. The third kappa shape index (κ3) is 6.55. The molecule has 0 radical (unpaired) electrons. The zero-order chi connectivity index (χ0) is 21.1. The van der Waals surface area contributed by atoms with Crippen LogP contribution in [0.25, 0.3) is 0 Å². The molecular formula is C28H32N2O. The van der Waals surface area contributed by atoms with Gasteiger partial charge in [0.2, 0.25) is 0 Å². The van der Waals surface area contributed by atoms with Crippen molar-refractivity contribution in [3.63, 3.8) is 0 Å². The first-order chi connectivity index (χ1) is 15.4. The van der Waals surface area contributed by atoms with Crippen molar-refractivity contribution >= 4 is 0 Å². The van der Waals surface area contributed by atoms with E-state index in [2.05, 4.69) is 113 Å². The van der Waals surface area contributed by atoms with Crippen LogP contribution < -0.4 is 5.32 Å². The minimum absolute atomic E-state index is 0.0205. The summed E-state index contributed by atoms with van der Waals surface area (Å²) in [5.41, 5.74) is 3.76. The fourth-order valence-corrected chi connectivity index (χ4v) is 4.10. The van der Waals surface area contributed by atoms with Crippen molar-refractivity contribution < 1.29 is 4.74 Å². The normalized spacial score (nSPS) is 16.8. The van der Waals surface area contributed by atoms with E-state index in [0.717, 1.165) is 39.1 Å². The SMILES string of the molecule is C(=CN1CCNC(CCOC(c2ccccc2)c2ccccc2)C1)Cc1ccccc1. The maximum atomic E-state index is 6.41. The van der Waals surface area contributed by atoms with Gasteiger partial charge >= 0.3 is 0 Å². The van der Waals surface area contributed by atoms with Crippen molar-refractivity contribution in [1.82, 2.24) is 10.2 Å². The summed E-state index contributed by atoms with van der Waals surface area (Å²) in [6.07, 6.45) is 6.49. The van der Waals surface area contributed by atoms with Gasteiger partial charge in [0.05, 0.1) is 0 Å². The van der Waals surface area contributed by atoms with Crippen LogP contribution in [-0.2, 0) is 11.2 Å². The third-order valence-electron chi connectivity index (χ3n) is 5.76. The standard InChI is InChI=1S/C28H32N2O/c1-4-11-24(12-5-1)13-10-20-30-21-19-29-27(23-30)18-22-31-28(25-14-6-2-7-15-25)26-16-8-3-9-17-26/h1-12,14-17,20,27-29H,13,18-19,21-23H2. The molecule has 1 unspecified atom stereocenters. The summed E-state index contributed by atoms with van der Waals surface area (Å²) >= 11 is 0. The van der Waals surface area contributed by atoms with Crippen molar-refractivity contribution in [3.8, 4) is 0 Å². The second-order valence-electron chi connectivity index (χ2n) is 8.08. The van der Waals surface area contributed by atoms with Crippen molar-refractivity contribution in [2.75, 3.05) is 26.2 Å². The van der Waals surface area contributed by atoms with Crippen LogP contribution in [0.2, 0.25) is 0 Å². The Hall–Kier alpha value is -2.88. The zero-order valence-corrected chi connectivity index (χ0v) is 18.1. The molecule has 0 aromatic heterocycles. The molecule has 0 spiro atoms. The highest BCUT2D eigenvalue weighted by Crippen LogP contribution is 2.26.